The van der Waals surface area contributed by atoms with Crippen LogP contribution in [0.2, 0.25) is 0 Å². The molecule has 4 heteroatoms. The van der Waals surface area contributed by atoms with Crippen molar-refractivity contribution in [3.8, 4) is 5.75 Å². The summed E-state index contributed by atoms with van der Waals surface area (Å²) in [7, 11) is 1.52. The van der Waals surface area contributed by atoms with Gasteiger partial charge in [-0.15, -0.1) is 0 Å². The molecule has 0 aliphatic carbocycles. The summed E-state index contributed by atoms with van der Waals surface area (Å²) < 4.78 is 30.6. The van der Waals surface area contributed by atoms with Gasteiger partial charge in [-0.05, 0) is 42.6 Å². The highest BCUT2D eigenvalue weighted by atomic mass is 19.3. The maximum Gasteiger partial charge on any atom is 0.264 e. The summed E-state index contributed by atoms with van der Waals surface area (Å²) in [4.78, 5) is 0. The second-order valence-corrected chi connectivity index (χ2v) is 3.77. The van der Waals surface area contributed by atoms with Crippen LogP contribution in [0.15, 0.2) is 18.2 Å². The standard InChI is InChI=1S/C12H17F2NO/c1-8(5-6-15)11-7-9(16-2)3-4-10(11)12(13)14/h3-4,7-8,12H,5-6,15H2,1-2H3. The zero-order chi connectivity index (χ0) is 12.1. The van der Waals surface area contributed by atoms with Crippen LogP contribution in [0.1, 0.15) is 36.8 Å². The maximum atomic E-state index is 12.8. The quantitative estimate of drug-likeness (QED) is 0.842. The number of halogens is 2. The lowest BCUT2D eigenvalue weighted by Gasteiger charge is -2.16. The molecule has 1 aromatic carbocycles. The fourth-order valence-corrected chi connectivity index (χ4v) is 1.71. The third kappa shape index (κ3) is 2.92. The van der Waals surface area contributed by atoms with Crippen molar-refractivity contribution in [2.45, 2.75) is 25.7 Å². The van der Waals surface area contributed by atoms with E-state index in [4.69, 9.17) is 10.5 Å². The maximum absolute atomic E-state index is 12.8. The summed E-state index contributed by atoms with van der Waals surface area (Å²) in [6.45, 7) is 2.38. The SMILES string of the molecule is COc1ccc(C(F)F)c(C(C)CCN)c1. The van der Waals surface area contributed by atoms with Crippen LogP contribution in [0.25, 0.3) is 0 Å². The number of nitrogens with two attached hydrogens (primary N) is 1. The average Bonchev–Trinajstić information content (AvgIpc) is 2.28. The summed E-state index contributed by atoms with van der Waals surface area (Å²) in [5, 5.41) is 0. The Balaban J connectivity index is 3.09. The van der Waals surface area contributed by atoms with Crippen LogP contribution in [0.5, 0.6) is 5.75 Å². The Morgan fingerprint density at radius 3 is 2.50 bits per heavy atom. The monoisotopic (exact) mass is 229 g/mol. The Hall–Kier alpha value is -1.16. The van der Waals surface area contributed by atoms with Gasteiger partial charge in [-0.3, -0.25) is 0 Å². The first-order chi connectivity index (χ1) is 7.60. The summed E-state index contributed by atoms with van der Waals surface area (Å²) >= 11 is 0. The van der Waals surface area contributed by atoms with Crippen LogP contribution in [0.4, 0.5) is 8.78 Å². The minimum atomic E-state index is -2.46. The lowest BCUT2D eigenvalue weighted by molar-refractivity contribution is 0.149. The van der Waals surface area contributed by atoms with E-state index in [1.807, 2.05) is 6.92 Å². The molecule has 0 spiro atoms. The van der Waals surface area contributed by atoms with Crippen molar-refractivity contribution in [2.75, 3.05) is 13.7 Å². The van der Waals surface area contributed by atoms with Crippen LogP contribution >= 0.6 is 0 Å². The van der Waals surface area contributed by atoms with Gasteiger partial charge < -0.3 is 10.5 Å². The Morgan fingerprint density at radius 1 is 1.31 bits per heavy atom. The van der Waals surface area contributed by atoms with Crippen molar-refractivity contribution in [1.29, 1.82) is 0 Å². The predicted octanol–water partition coefficient (Wildman–Crippen LogP) is 3.09. The molecule has 0 aromatic heterocycles. The molecule has 0 saturated carbocycles. The normalized spacial score (nSPS) is 12.9. The summed E-state index contributed by atoms with van der Waals surface area (Å²) in [5.41, 5.74) is 6.14. The molecule has 2 N–H and O–H groups in total. The predicted molar refractivity (Wildman–Crippen MR) is 60.0 cm³/mol. The zero-order valence-corrected chi connectivity index (χ0v) is 9.54. The molecule has 1 rings (SSSR count). The van der Waals surface area contributed by atoms with Crippen LogP contribution in [-0.4, -0.2) is 13.7 Å². The molecule has 0 aliphatic heterocycles. The van der Waals surface area contributed by atoms with Gasteiger partial charge in [0, 0.05) is 5.56 Å². The molecule has 0 amide bonds. The Labute approximate surface area is 94.4 Å². The second kappa shape index (κ2) is 5.80. The summed E-state index contributed by atoms with van der Waals surface area (Å²) in [6, 6.07) is 4.65. The van der Waals surface area contributed by atoms with Crippen molar-refractivity contribution < 1.29 is 13.5 Å². The van der Waals surface area contributed by atoms with Crippen LogP contribution in [0.3, 0.4) is 0 Å². The number of methoxy groups -OCH3 is 1. The molecule has 1 unspecified atom stereocenters. The molecule has 90 valence electrons. The first kappa shape index (κ1) is 12.9. The molecule has 0 saturated heterocycles. The molecule has 1 aromatic rings. The van der Waals surface area contributed by atoms with E-state index in [0.29, 0.717) is 24.3 Å². The molecule has 0 aliphatic rings. The highest BCUT2D eigenvalue weighted by molar-refractivity contribution is 5.38. The topological polar surface area (TPSA) is 35.2 Å². The lowest BCUT2D eigenvalue weighted by Crippen LogP contribution is -2.07. The number of hydrogen-bond donors (Lipinski definition) is 1. The Bertz CT molecular complexity index is 342. The minimum absolute atomic E-state index is 0.0177. The van der Waals surface area contributed by atoms with E-state index in [-0.39, 0.29) is 11.5 Å². The van der Waals surface area contributed by atoms with Crippen molar-refractivity contribution in [3.05, 3.63) is 29.3 Å². The molecule has 16 heavy (non-hydrogen) atoms. The van der Waals surface area contributed by atoms with Gasteiger partial charge in [0.05, 0.1) is 7.11 Å². The first-order valence-corrected chi connectivity index (χ1v) is 5.26. The number of alkyl halides is 2. The van der Waals surface area contributed by atoms with Gasteiger partial charge in [-0.25, -0.2) is 8.78 Å². The van der Waals surface area contributed by atoms with Crippen molar-refractivity contribution in [3.63, 3.8) is 0 Å². The number of rotatable bonds is 5. The fourth-order valence-electron chi connectivity index (χ4n) is 1.71. The number of benzene rings is 1. The molecule has 0 bridgehead atoms. The van der Waals surface area contributed by atoms with E-state index in [1.54, 1.807) is 12.1 Å². The number of hydrogen-bond acceptors (Lipinski definition) is 2. The van der Waals surface area contributed by atoms with E-state index >= 15 is 0 Å². The van der Waals surface area contributed by atoms with E-state index in [9.17, 15) is 8.78 Å². The third-order valence-corrected chi connectivity index (χ3v) is 2.66. The molecule has 0 radical (unpaired) electrons. The lowest BCUT2D eigenvalue weighted by atomic mass is 9.93. The number of ether oxygens (including phenoxy) is 1. The highest BCUT2D eigenvalue weighted by Crippen LogP contribution is 2.32. The van der Waals surface area contributed by atoms with Gasteiger partial charge in [-0.1, -0.05) is 6.92 Å². The molecular weight excluding hydrogens is 212 g/mol. The van der Waals surface area contributed by atoms with E-state index < -0.39 is 6.43 Å². The fraction of sp³-hybridized carbons (Fsp3) is 0.500. The zero-order valence-electron chi connectivity index (χ0n) is 9.54. The smallest absolute Gasteiger partial charge is 0.264 e. The molecule has 1 atom stereocenters. The van der Waals surface area contributed by atoms with Crippen LogP contribution in [-0.2, 0) is 0 Å². The van der Waals surface area contributed by atoms with Crippen LogP contribution in [0, 0.1) is 0 Å². The Kier molecular flexibility index (Phi) is 4.68. The minimum Gasteiger partial charge on any atom is -0.497 e. The largest absolute Gasteiger partial charge is 0.497 e. The van der Waals surface area contributed by atoms with Crippen molar-refractivity contribution in [2.24, 2.45) is 5.73 Å². The second-order valence-electron chi connectivity index (χ2n) is 3.77. The molecule has 0 fully saturated rings. The van der Waals surface area contributed by atoms with Gasteiger partial charge in [0.15, 0.2) is 0 Å². The van der Waals surface area contributed by atoms with Crippen molar-refractivity contribution in [1.82, 2.24) is 0 Å². The van der Waals surface area contributed by atoms with E-state index in [2.05, 4.69) is 0 Å². The van der Waals surface area contributed by atoms with E-state index in [0.717, 1.165) is 0 Å². The highest BCUT2D eigenvalue weighted by Gasteiger charge is 2.17. The average molecular weight is 229 g/mol. The third-order valence-electron chi connectivity index (χ3n) is 2.66. The summed E-state index contributed by atoms with van der Waals surface area (Å²) in [6.07, 6.45) is -1.77. The van der Waals surface area contributed by atoms with E-state index in [1.165, 1.54) is 13.2 Å². The van der Waals surface area contributed by atoms with Gasteiger partial charge in [-0.2, -0.15) is 0 Å². The van der Waals surface area contributed by atoms with Gasteiger partial charge in [0.25, 0.3) is 6.43 Å². The molecule has 2 nitrogen and oxygen atoms in total. The summed E-state index contributed by atoms with van der Waals surface area (Å²) in [5.74, 6) is 0.618. The Morgan fingerprint density at radius 2 is 2.00 bits per heavy atom. The van der Waals surface area contributed by atoms with Gasteiger partial charge in [0.1, 0.15) is 5.75 Å². The van der Waals surface area contributed by atoms with Crippen LogP contribution < -0.4 is 10.5 Å². The molecule has 0 heterocycles. The molecular formula is C12H17F2NO. The van der Waals surface area contributed by atoms with Gasteiger partial charge >= 0.3 is 0 Å². The first-order valence-electron chi connectivity index (χ1n) is 5.26. The van der Waals surface area contributed by atoms with Gasteiger partial charge in [0.2, 0.25) is 0 Å². The van der Waals surface area contributed by atoms with Crippen molar-refractivity contribution >= 4 is 0 Å².